The van der Waals surface area contributed by atoms with Crippen LogP contribution in [0.1, 0.15) is 23.2 Å². The quantitative estimate of drug-likeness (QED) is 0.839. The van der Waals surface area contributed by atoms with Crippen LogP contribution in [0.2, 0.25) is 0 Å². The molecule has 1 N–H and O–H groups in total. The van der Waals surface area contributed by atoms with E-state index in [4.69, 9.17) is 14.2 Å². The van der Waals surface area contributed by atoms with E-state index in [-0.39, 0.29) is 17.1 Å². The van der Waals surface area contributed by atoms with Crippen molar-refractivity contribution >= 4 is 5.97 Å². The third kappa shape index (κ3) is 2.89. The molecule has 0 radical (unpaired) electrons. The summed E-state index contributed by atoms with van der Waals surface area (Å²) in [6.45, 7) is 0.876. The van der Waals surface area contributed by atoms with Crippen molar-refractivity contribution in [3.63, 3.8) is 0 Å². The van der Waals surface area contributed by atoms with Crippen molar-refractivity contribution in [1.82, 2.24) is 9.78 Å². The number of hydrogen-bond acceptors (Lipinski definition) is 5. The Bertz CT molecular complexity index is 765. The van der Waals surface area contributed by atoms with Crippen molar-refractivity contribution in [3.8, 4) is 28.4 Å². The van der Waals surface area contributed by atoms with Gasteiger partial charge < -0.3 is 19.3 Å². The third-order valence-corrected chi connectivity index (χ3v) is 4.12. The summed E-state index contributed by atoms with van der Waals surface area (Å²) in [7, 11) is 4.36. The fourth-order valence-electron chi connectivity index (χ4n) is 2.75. The molecule has 7 nitrogen and oxygen atoms in total. The molecule has 3 rings (SSSR count). The maximum atomic E-state index is 11.6. The van der Waals surface area contributed by atoms with Gasteiger partial charge in [-0.1, -0.05) is 0 Å². The van der Waals surface area contributed by atoms with Gasteiger partial charge in [0.1, 0.15) is 5.56 Å². The summed E-state index contributed by atoms with van der Waals surface area (Å²) in [6, 6.07) is 1.53. The Kier molecular flexibility index (Phi) is 4.33. The number of hydrogen-bond donors (Lipinski definition) is 1. The smallest absolute Gasteiger partial charge is 0.339 e. The molecule has 2 aromatic rings. The number of carbonyl (C=O) groups is 1. The van der Waals surface area contributed by atoms with E-state index in [1.165, 1.54) is 40.2 Å². The molecule has 1 saturated carbocycles. The van der Waals surface area contributed by atoms with Crippen LogP contribution in [0.5, 0.6) is 17.2 Å². The number of benzene rings is 1. The van der Waals surface area contributed by atoms with Gasteiger partial charge in [-0.15, -0.1) is 0 Å². The van der Waals surface area contributed by atoms with Crippen LogP contribution >= 0.6 is 0 Å². The van der Waals surface area contributed by atoms with Crippen LogP contribution in [-0.2, 0) is 6.54 Å². The van der Waals surface area contributed by atoms with Gasteiger partial charge in [0.25, 0.3) is 0 Å². The number of methoxy groups -OCH3 is 3. The number of carboxylic acid groups (broad SMARTS) is 1. The second kappa shape index (κ2) is 6.43. The Morgan fingerprint density at radius 3 is 2.42 bits per heavy atom. The molecule has 1 heterocycles. The van der Waals surface area contributed by atoms with Crippen molar-refractivity contribution in [2.45, 2.75) is 19.4 Å². The summed E-state index contributed by atoms with van der Waals surface area (Å²) in [5.74, 6) is 0.408. The van der Waals surface area contributed by atoms with Crippen LogP contribution in [0, 0.1) is 5.92 Å². The van der Waals surface area contributed by atoms with Gasteiger partial charge in [0.2, 0.25) is 5.75 Å². The predicted molar refractivity (Wildman–Crippen MR) is 87.0 cm³/mol. The number of carboxylic acids is 1. The van der Waals surface area contributed by atoms with Crippen LogP contribution in [0.15, 0.2) is 18.5 Å². The summed E-state index contributed by atoms with van der Waals surface area (Å²) in [5.41, 5.74) is 1.39. The number of rotatable bonds is 7. The van der Waals surface area contributed by atoms with Crippen molar-refractivity contribution in [2.24, 2.45) is 5.92 Å². The first-order valence-corrected chi connectivity index (χ1v) is 7.68. The molecular weight excluding hydrogens is 312 g/mol. The van der Waals surface area contributed by atoms with Gasteiger partial charge in [-0.3, -0.25) is 4.68 Å². The maximum Gasteiger partial charge on any atom is 0.339 e. The molecule has 1 aromatic carbocycles. The average Bonchev–Trinajstić information content (AvgIpc) is 3.27. The minimum Gasteiger partial charge on any atom is -0.492 e. The zero-order chi connectivity index (χ0) is 17.3. The molecule has 1 aliphatic carbocycles. The largest absolute Gasteiger partial charge is 0.492 e. The first kappa shape index (κ1) is 16.2. The summed E-state index contributed by atoms with van der Waals surface area (Å²) in [5, 5.41) is 13.8. The molecule has 7 heteroatoms. The number of ether oxygens (including phenoxy) is 3. The standard InChI is InChI=1S/C17H20N2O5/c1-22-14-12(11-7-18-19(9-11)8-10-4-5-10)6-13(17(20)21)15(23-2)16(14)24-3/h6-7,9-10H,4-5,8H2,1-3H3,(H,20,21). The Hall–Kier alpha value is -2.70. The van der Waals surface area contributed by atoms with Gasteiger partial charge >= 0.3 is 5.97 Å². The highest BCUT2D eigenvalue weighted by Gasteiger charge is 2.26. The summed E-state index contributed by atoms with van der Waals surface area (Å²) >= 11 is 0. The van der Waals surface area contributed by atoms with E-state index in [0.717, 1.165) is 12.1 Å². The highest BCUT2D eigenvalue weighted by atomic mass is 16.5. The molecule has 0 unspecified atom stereocenters. The second-order valence-electron chi connectivity index (χ2n) is 5.77. The molecule has 1 aromatic heterocycles. The van der Waals surface area contributed by atoms with Gasteiger partial charge in [0.15, 0.2) is 11.5 Å². The lowest BCUT2D eigenvalue weighted by Gasteiger charge is -2.17. The van der Waals surface area contributed by atoms with E-state index >= 15 is 0 Å². The molecule has 128 valence electrons. The first-order chi connectivity index (χ1) is 11.6. The highest BCUT2D eigenvalue weighted by Crippen LogP contribution is 2.46. The molecule has 0 aliphatic heterocycles. The Labute approximate surface area is 139 Å². The van der Waals surface area contributed by atoms with E-state index < -0.39 is 5.97 Å². The lowest BCUT2D eigenvalue weighted by Crippen LogP contribution is -2.05. The molecule has 0 bridgehead atoms. The molecule has 1 aliphatic rings. The first-order valence-electron chi connectivity index (χ1n) is 7.68. The normalized spacial score (nSPS) is 13.6. The third-order valence-electron chi connectivity index (χ3n) is 4.12. The fraction of sp³-hybridized carbons (Fsp3) is 0.412. The predicted octanol–water partition coefficient (Wildman–Crippen LogP) is 2.68. The van der Waals surface area contributed by atoms with E-state index in [1.807, 2.05) is 10.9 Å². The van der Waals surface area contributed by atoms with Gasteiger partial charge in [-0.2, -0.15) is 5.10 Å². The summed E-state index contributed by atoms with van der Waals surface area (Å²) in [6.07, 6.45) is 6.07. The molecule has 0 amide bonds. The monoisotopic (exact) mass is 332 g/mol. The zero-order valence-electron chi connectivity index (χ0n) is 13.9. The molecule has 0 spiro atoms. The van der Waals surface area contributed by atoms with Gasteiger partial charge in [-0.05, 0) is 24.8 Å². The van der Waals surface area contributed by atoms with Crippen molar-refractivity contribution in [1.29, 1.82) is 0 Å². The van der Waals surface area contributed by atoms with E-state index in [9.17, 15) is 9.90 Å². The van der Waals surface area contributed by atoms with E-state index in [0.29, 0.717) is 17.2 Å². The second-order valence-corrected chi connectivity index (χ2v) is 5.77. The number of aromatic carboxylic acids is 1. The van der Waals surface area contributed by atoms with Gasteiger partial charge in [0, 0.05) is 23.9 Å². The maximum absolute atomic E-state index is 11.6. The topological polar surface area (TPSA) is 82.8 Å². The summed E-state index contributed by atoms with van der Waals surface area (Å²) < 4.78 is 17.9. The lowest BCUT2D eigenvalue weighted by molar-refractivity contribution is 0.0692. The minimum absolute atomic E-state index is 0.0140. The zero-order valence-corrected chi connectivity index (χ0v) is 13.9. The highest BCUT2D eigenvalue weighted by molar-refractivity contribution is 5.96. The summed E-state index contributed by atoms with van der Waals surface area (Å²) in [4.78, 5) is 11.6. The molecule has 0 saturated heterocycles. The molecule has 1 fully saturated rings. The van der Waals surface area contributed by atoms with Crippen LogP contribution in [0.4, 0.5) is 0 Å². The van der Waals surface area contributed by atoms with Gasteiger partial charge in [0.05, 0.1) is 27.5 Å². The average molecular weight is 332 g/mol. The van der Waals surface area contributed by atoms with Crippen LogP contribution in [0.3, 0.4) is 0 Å². The number of aromatic nitrogens is 2. The lowest BCUT2D eigenvalue weighted by atomic mass is 10.0. The van der Waals surface area contributed by atoms with Crippen LogP contribution in [-0.4, -0.2) is 42.2 Å². The Balaban J connectivity index is 2.12. The number of nitrogens with zero attached hydrogens (tertiary/aromatic N) is 2. The molecule has 24 heavy (non-hydrogen) atoms. The van der Waals surface area contributed by atoms with E-state index in [2.05, 4.69) is 5.10 Å². The van der Waals surface area contributed by atoms with Crippen molar-refractivity contribution in [3.05, 3.63) is 24.0 Å². The fourth-order valence-corrected chi connectivity index (χ4v) is 2.75. The minimum atomic E-state index is -1.10. The van der Waals surface area contributed by atoms with Crippen molar-refractivity contribution in [2.75, 3.05) is 21.3 Å². The van der Waals surface area contributed by atoms with E-state index in [1.54, 1.807) is 6.20 Å². The Morgan fingerprint density at radius 1 is 1.21 bits per heavy atom. The SMILES string of the molecule is COc1c(C(=O)O)cc(-c2cnn(CC3CC3)c2)c(OC)c1OC. The molecular formula is C17H20N2O5. The Morgan fingerprint density at radius 2 is 1.88 bits per heavy atom. The van der Waals surface area contributed by atoms with Crippen LogP contribution < -0.4 is 14.2 Å². The van der Waals surface area contributed by atoms with Crippen LogP contribution in [0.25, 0.3) is 11.1 Å². The van der Waals surface area contributed by atoms with Crippen molar-refractivity contribution < 1.29 is 24.1 Å². The molecule has 0 atom stereocenters. The van der Waals surface area contributed by atoms with Gasteiger partial charge in [-0.25, -0.2) is 4.79 Å².